The molecule has 0 radical (unpaired) electrons. The molecule has 1 aromatic carbocycles. The zero-order valence-corrected chi connectivity index (χ0v) is 26.7. The van der Waals surface area contributed by atoms with Gasteiger partial charge in [-0.1, -0.05) is 29.4 Å². The minimum Gasteiger partial charge on any atom is -0.466 e. The summed E-state index contributed by atoms with van der Waals surface area (Å²) >= 11 is 7.38. The van der Waals surface area contributed by atoms with Gasteiger partial charge in [-0.15, -0.1) is 0 Å². The van der Waals surface area contributed by atoms with Gasteiger partial charge in [-0.3, -0.25) is 14.6 Å². The summed E-state index contributed by atoms with van der Waals surface area (Å²) in [6, 6.07) is 3.71. The Bertz CT molecular complexity index is 1480. The van der Waals surface area contributed by atoms with E-state index in [1.54, 1.807) is 6.92 Å². The summed E-state index contributed by atoms with van der Waals surface area (Å²) in [6.07, 6.45) is 0.180. The van der Waals surface area contributed by atoms with E-state index < -0.39 is 17.6 Å². The Balaban J connectivity index is 1.37. The second-order valence-corrected chi connectivity index (χ2v) is 12.7. The van der Waals surface area contributed by atoms with Gasteiger partial charge >= 0.3 is 12.1 Å². The van der Waals surface area contributed by atoms with E-state index in [4.69, 9.17) is 16.3 Å². The van der Waals surface area contributed by atoms with E-state index in [0.29, 0.717) is 69.2 Å². The number of piperidine rings is 1. The van der Waals surface area contributed by atoms with E-state index in [1.807, 2.05) is 4.90 Å². The lowest BCUT2D eigenvalue weighted by molar-refractivity contribution is -0.143. The van der Waals surface area contributed by atoms with Crippen molar-refractivity contribution in [2.45, 2.75) is 58.3 Å². The van der Waals surface area contributed by atoms with Crippen LogP contribution in [0.5, 0.6) is 0 Å². The van der Waals surface area contributed by atoms with Crippen LogP contribution in [-0.4, -0.2) is 82.6 Å². The fourth-order valence-electron chi connectivity index (χ4n) is 5.64. The number of anilines is 3. The van der Waals surface area contributed by atoms with Crippen LogP contribution in [0.2, 0.25) is 5.02 Å². The number of hydrogen-bond donors (Lipinski definition) is 1. The summed E-state index contributed by atoms with van der Waals surface area (Å²) < 4.78 is 61.8. The number of aromatic nitrogens is 3. The number of nitrogens with one attached hydrogen (secondary N) is 1. The second-order valence-electron chi connectivity index (χ2n) is 11.2. The first-order valence-corrected chi connectivity index (χ1v) is 16.2. The summed E-state index contributed by atoms with van der Waals surface area (Å²) in [5.41, 5.74) is -0.261. The number of nitrogens with zero attached hydrogens (tertiary/aromatic N) is 6. The molecule has 0 amide bonds. The van der Waals surface area contributed by atoms with Crippen molar-refractivity contribution in [2.24, 2.45) is 0 Å². The Morgan fingerprint density at radius 3 is 2.62 bits per heavy atom. The van der Waals surface area contributed by atoms with Gasteiger partial charge in [0.1, 0.15) is 6.33 Å². The fraction of sp³-hybridized carbons (Fsp3) is 0.533. The average molecular weight is 670 g/mol. The minimum atomic E-state index is -4.58. The lowest BCUT2D eigenvalue weighted by Gasteiger charge is -2.35. The molecule has 1 N–H and O–H groups in total. The Morgan fingerprint density at radius 2 is 1.91 bits per heavy atom. The molecule has 2 fully saturated rings. The molecule has 0 aliphatic carbocycles. The van der Waals surface area contributed by atoms with Gasteiger partial charge in [-0.25, -0.2) is 15.0 Å². The Morgan fingerprint density at radius 1 is 1.13 bits per heavy atom. The molecule has 3 aromatic rings. The van der Waals surface area contributed by atoms with Crippen molar-refractivity contribution in [1.29, 1.82) is 0 Å². The molecule has 0 spiro atoms. The standard InChI is InChI=1S/C30H36ClF4N7O2S/c1-3-44-24(43)7-9-40-10-12-41(13-11-40)28-25(32)27(36-18-37-28)39-29-38-26(20-14-21(30(33,34)35)16-22(31)15-20)23(45-29)17-42-8-5-4-6-19(42)2/h14-16,18-19H,3-13,17H2,1-2H3,(H,36,37,38,39)/t19-/m1/s1. The number of hydrogen-bond acceptors (Lipinski definition) is 10. The zero-order chi connectivity index (χ0) is 32.1. The van der Waals surface area contributed by atoms with Crippen molar-refractivity contribution in [3.8, 4) is 11.3 Å². The number of esters is 1. The predicted octanol–water partition coefficient (Wildman–Crippen LogP) is 6.60. The number of likely N-dealkylation sites (tertiary alicyclic amines) is 1. The van der Waals surface area contributed by atoms with Crippen molar-refractivity contribution in [3.63, 3.8) is 0 Å². The number of carbonyl (C=O) groups is 1. The largest absolute Gasteiger partial charge is 0.466 e. The number of piperazine rings is 1. The summed E-state index contributed by atoms with van der Waals surface area (Å²) in [4.78, 5) is 31.6. The van der Waals surface area contributed by atoms with Gasteiger partial charge in [0.2, 0.25) is 5.82 Å². The van der Waals surface area contributed by atoms with Gasteiger partial charge in [0.05, 0.1) is 24.3 Å². The van der Waals surface area contributed by atoms with Crippen molar-refractivity contribution >= 4 is 45.7 Å². The van der Waals surface area contributed by atoms with Crippen LogP contribution in [0.1, 0.15) is 50.0 Å². The van der Waals surface area contributed by atoms with Crippen LogP contribution in [0, 0.1) is 5.82 Å². The molecular weight excluding hydrogens is 634 g/mol. The third kappa shape index (κ3) is 8.40. The lowest BCUT2D eigenvalue weighted by atomic mass is 10.0. The van der Waals surface area contributed by atoms with Crippen LogP contribution in [0.4, 0.5) is 34.3 Å². The minimum absolute atomic E-state index is 0.0490. The molecule has 2 saturated heterocycles. The van der Waals surface area contributed by atoms with Crippen LogP contribution in [0.15, 0.2) is 24.5 Å². The van der Waals surface area contributed by atoms with Crippen LogP contribution < -0.4 is 10.2 Å². The first-order chi connectivity index (χ1) is 21.5. The number of thiazole rings is 1. The number of carbonyl (C=O) groups excluding carboxylic acids is 1. The summed E-state index contributed by atoms with van der Waals surface area (Å²) in [5.74, 6) is -0.832. The SMILES string of the molecule is CCOC(=O)CCN1CCN(c2ncnc(Nc3nc(-c4cc(Cl)cc(C(F)(F)F)c4)c(CN4CCCC[C@H]4C)s3)c2F)CC1. The Hall–Kier alpha value is -3.07. The van der Waals surface area contributed by atoms with E-state index in [1.165, 1.54) is 23.7 Å². The normalized spacial score (nSPS) is 18.3. The molecule has 5 rings (SSSR count). The molecule has 2 aromatic heterocycles. The molecule has 9 nitrogen and oxygen atoms in total. The number of rotatable bonds is 10. The van der Waals surface area contributed by atoms with Crippen molar-refractivity contribution in [2.75, 3.05) is 56.1 Å². The quantitative estimate of drug-likeness (QED) is 0.189. The molecule has 4 heterocycles. The van der Waals surface area contributed by atoms with Gasteiger partial charge in [-0.2, -0.15) is 17.6 Å². The second kappa shape index (κ2) is 14.6. The maximum atomic E-state index is 15.8. The highest BCUT2D eigenvalue weighted by Crippen LogP contribution is 2.39. The van der Waals surface area contributed by atoms with Crippen molar-refractivity contribution in [1.82, 2.24) is 24.8 Å². The third-order valence-electron chi connectivity index (χ3n) is 8.09. The third-order valence-corrected chi connectivity index (χ3v) is 9.26. The molecule has 1 atom stereocenters. The predicted molar refractivity (Wildman–Crippen MR) is 166 cm³/mol. The lowest BCUT2D eigenvalue weighted by Crippen LogP contribution is -2.47. The maximum absolute atomic E-state index is 15.8. The van der Waals surface area contributed by atoms with Crippen molar-refractivity contribution in [3.05, 3.63) is 45.8 Å². The zero-order valence-electron chi connectivity index (χ0n) is 25.2. The van der Waals surface area contributed by atoms with Crippen LogP contribution in [-0.2, 0) is 22.3 Å². The molecule has 2 aliphatic heterocycles. The summed E-state index contributed by atoms with van der Waals surface area (Å²) in [7, 11) is 0. The number of halogens is 5. The summed E-state index contributed by atoms with van der Waals surface area (Å²) in [6.45, 7) is 8.43. The van der Waals surface area contributed by atoms with E-state index in [0.717, 1.165) is 42.8 Å². The number of ether oxygens (including phenoxy) is 1. The highest BCUT2D eigenvalue weighted by Gasteiger charge is 2.32. The summed E-state index contributed by atoms with van der Waals surface area (Å²) in [5, 5.41) is 3.21. The van der Waals surface area contributed by atoms with E-state index in [2.05, 4.69) is 37.0 Å². The molecule has 0 saturated carbocycles. The fourth-order valence-corrected chi connectivity index (χ4v) is 6.88. The molecule has 45 heavy (non-hydrogen) atoms. The van der Waals surface area contributed by atoms with E-state index >= 15 is 4.39 Å². The van der Waals surface area contributed by atoms with Gasteiger partial charge < -0.3 is 15.0 Å². The molecule has 0 unspecified atom stereocenters. The molecule has 2 aliphatic rings. The van der Waals surface area contributed by atoms with E-state index in [-0.39, 0.29) is 28.2 Å². The Kier molecular flexibility index (Phi) is 10.8. The molecule has 0 bridgehead atoms. The molecule has 15 heteroatoms. The monoisotopic (exact) mass is 669 g/mol. The average Bonchev–Trinajstić information content (AvgIpc) is 3.40. The highest BCUT2D eigenvalue weighted by atomic mass is 35.5. The van der Waals surface area contributed by atoms with Crippen LogP contribution >= 0.6 is 22.9 Å². The van der Waals surface area contributed by atoms with Gasteiger partial charge in [-0.05, 0) is 51.4 Å². The first-order valence-electron chi connectivity index (χ1n) is 15.0. The first kappa shape index (κ1) is 33.3. The highest BCUT2D eigenvalue weighted by molar-refractivity contribution is 7.16. The van der Waals surface area contributed by atoms with Gasteiger partial charge in [0.25, 0.3) is 0 Å². The molecular formula is C30H36ClF4N7O2S. The Labute approximate surface area is 268 Å². The maximum Gasteiger partial charge on any atom is 0.416 e. The number of alkyl halides is 3. The van der Waals surface area contributed by atoms with Gasteiger partial charge in [0, 0.05) is 60.8 Å². The van der Waals surface area contributed by atoms with E-state index in [9.17, 15) is 18.0 Å². The topological polar surface area (TPSA) is 86.7 Å². The van der Waals surface area contributed by atoms with Gasteiger partial charge in [0.15, 0.2) is 16.8 Å². The smallest absolute Gasteiger partial charge is 0.416 e. The van der Waals surface area contributed by atoms with Crippen molar-refractivity contribution < 1.29 is 27.1 Å². The van der Waals surface area contributed by atoms with Crippen LogP contribution in [0.3, 0.4) is 0 Å². The number of benzene rings is 1. The molecule has 244 valence electrons. The van der Waals surface area contributed by atoms with Crippen LogP contribution in [0.25, 0.3) is 11.3 Å².